The van der Waals surface area contributed by atoms with Crippen molar-refractivity contribution in [3.63, 3.8) is 0 Å². The second kappa shape index (κ2) is 3.92. The monoisotopic (exact) mass is 259 g/mol. The molecule has 15 heavy (non-hydrogen) atoms. The normalized spacial score (nSPS) is 10.5. The predicted molar refractivity (Wildman–Crippen MR) is 62.1 cm³/mol. The molecule has 0 aliphatic carbocycles. The summed E-state index contributed by atoms with van der Waals surface area (Å²) < 4.78 is 0. The van der Waals surface area contributed by atoms with Crippen molar-refractivity contribution < 1.29 is 9.90 Å². The molecule has 0 saturated carbocycles. The number of carboxylic acid groups (broad SMARTS) is 1. The zero-order chi connectivity index (χ0) is 11.0. The summed E-state index contributed by atoms with van der Waals surface area (Å²) in [6, 6.07) is 1.78. The van der Waals surface area contributed by atoms with Gasteiger partial charge < -0.3 is 5.11 Å². The fourth-order valence-corrected chi connectivity index (χ4v) is 3.35. The molecule has 0 fully saturated rings. The van der Waals surface area contributed by atoms with Crippen LogP contribution < -0.4 is 0 Å². The van der Waals surface area contributed by atoms with Crippen LogP contribution in [-0.4, -0.2) is 16.1 Å². The first-order chi connectivity index (χ1) is 7.09. The van der Waals surface area contributed by atoms with Gasteiger partial charge in [-0.2, -0.15) is 0 Å². The van der Waals surface area contributed by atoms with Gasteiger partial charge in [0.2, 0.25) is 0 Å². The molecule has 2 aromatic rings. The maximum Gasteiger partial charge on any atom is 0.347 e. The lowest BCUT2D eigenvalue weighted by Crippen LogP contribution is -1.94. The summed E-state index contributed by atoms with van der Waals surface area (Å²) in [7, 11) is 0. The second-order valence-corrected chi connectivity index (χ2v) is 5.16. The van der Waals surface area contributed by atoms with Gasteiger partial charge in [-0.25, -0.2) is 9.78 Å². The minimum atomic E-state index is -0.941. The van der Waals surface area contributed by atoms with Crippen molar-refractivity contribution >= 4 is 40.2 Å². The number of rotatable bonds is 2. The number of aryl methyl sites for hydroxylation is 1. The number of halogens is 1. The summed E-state index contributed by atoms with van der Waals surface area (Å²) >= 11 is 8.56. The van der Waals surface area contributed by atoms with Crippen LogP contribution in [0.25, 0.3) is 9.88 Å². The molecule has 2 heterocycles. The summed E-state index contributed by atoms with van der Waals surface area (Å²) in [5.41, 5.74) is 0.534. The van der Waals surface area contributed by atoms with E-state index < -0.39 is 5.97 Å². The molecular weight excluding hydrogens is 254 g/mol. The molecule has 78 valence electrons. The molecule has 0 aromatic carbocycles. The van der Waals surface area contributed by atoms with Crippen LogP contribution in [0, 0.1) is 6.92 Å². The Morgan fingerprint density at radius 1 is 1.60 bits per heavy atom. The number of hydrogen-bond acceptors (Lipinski definition) is 4. The van der Waals surface area contributed by atoms with Gasteiger partial charge in [0.25, 0.3) is 0 Å². The van der Waals surface area contributed by atoms with Gasteiger partial charge in [0.15, 0.2) is 0 Å². The Morgan fingerprint density at radius 3 is 2.80 bits per heavy atom. The average molecular weight is 260 g/mol. The minimum absolute atomic E-state index is 0.273. The topological polar surface area (TPSA) is 50.2 Å². The lowest BCUT2D eigenvalue weighted by molar-refractivity contribution is 0.0701. The van der Waals surface area contributed by atoms with Crippen molar-refractivity contribution in [3.8, 4) is 9.88 Å². The smallest absolute Gasteiger partial charge is 0.347 e. The lowest BCUT2D eigenvalue weighted by atomic mass is 10.4. The van der Waals surface area contributed by atoms with Crippen molar-refractivity contribution in [2.75, 3.05) is 0 Å². The van der Waals surface area contributed by atoms with Crippen molar-refractivity contribution in [2.24, 2.45) is 0 Å². The van der Waals surface area contributed by atoms with E-state index >= 15 is 0 Å². The van der Waals surface area contributed by atoms with E-state index in [2.05, 4.69) is 4.98 Å². The fraction of sp³-hybridized carbons (Fsp3) is 0.111. The second-order valence-electron chi connectivity index (χ2n) is 2.84. The van der Waals surface area contributed by atoms with Crippen LogP contribution in [0.15, 0.2) is 11.4 Å². The first-order valence-corrected chi connectivity index (χ1v) is 6.11. The van der Waals surface area contributed by atoms with Crippen molar-refractivity contribution in [2.45, 2.75) is 6.92 Å². The van der Waals surface area contributed by atoms with E-state index in [1.54, 1.807) is 13.0 Å². The van der Waals surface area contributed by atoms with Crippen molar-refractivity contribution in [1.29, 1.82) is 0 Å². The fourth-order valence-electron chi connectivity index (χ4n) is 1.14. The van der Waals surface area contributed by atoms with Crippen LogP contribution in [0.5, 0.6) is 0 Å². The Balaban J connectivity index is 2.52. The first-order valence-electron chi connectivity index (χ1n) is 4.03. The largest absolute Gasteiger partial charge is 0.477 e. The molecular formula is C9H6ClNO2S2. The quantitative estimate of drug-likeness (QED) is 0.898. The highest BCUT2D eigenvalue weighted by Crippen LogP contribution is 2.36. The van der Waals surface area contributed by atoms with Gasteiger partial charge in [-0.15, -0.1) is 22.7 Å². The number of aromatic nitrogens is 1. The summed E-state index contributed by atoms with van der Waals surface area (Å²) in [5.74, 6) is -0.941. The number of thiazole rings is 1. The SMILES string of the molecule is Cc1nc(-c2sccc2Cl)sc1C(=O)O. The number of nitrogens with zero attached hydrogens (tertiary/aromatic N) is 1. The maximum absolute atomic E-state index is 10.8. The number of aromatic carboxylic acids is 1. The van der Waals surface area contributed by atoms with Crippen LogP contribution in [0.4, 0.5) is 0 Å². The van der Waals surface area contributed by atoms with Gasteiger partial charge in [0.1, 0.15) is 9.88 Å². The third-order valence-corrected chi connectivity index (χ3v) is 4.44. The summed E-state index contributed by atoms with van der Waals surface area (Å²) in [4.78, 5) is 16.1. The first kappa shape index (κ1) is 10.6. The molecule has 0 amide bonds. The number of hydrogen-bond donors (Lipinski definition) is 1. The molecule has 6 heteroatoms. The average Bonchev–Trinajstić information content (AvgIpc) is 2.71. The zero-order valence-electron chi connectivity index (χ0n) is 7.65. The molecule has 1 N–H and O–H groups in total. The van der Waals surface area contributed by atoms with Gasteiger partial charge in [-0.05, 0) is 18.4 Å². The zero-order valence-corrected chi connectivity index (χ0v) is 10.0. The van der Waals surface area contributed by atoms with Gasteiger partial charge in [0, 0.05) is 0 Å². The summed E-state index contributed by atoms with van der Waals surface area (Å²) in [6.45, 7) is 1.69. The molecule has 3 nitrogen and oxygen atoms in total. The maximum atomic E-state index is 10.8. The molecule has 2 rings (SSSR count). The van der Waals surface area contributed by atoms with Crippen LogP contribution in [0.1, 0.15) is 15.4 Å². The third kappa shape index (κ3) is 1.90. The van der Waals surface area contributed by atoms with E-state index in [0.717, 1.165) is 16.2 Å². The number of thiophene rings is 1. The highest BCUT2D eigenvalue weighted by atomic mass is 35.5. The van der Waals surface area contributed by atoms with Crippen LogP contribution >= 0.6 is 34.3 Å². The summed E-state index contributed by atoms with van der Waals surface area (Å²) in [6.07, 6.45) is 0. The third-order valence-electron chi connectivity index (χ3n) is 1.80. The molecule has 0 radical (unpaired) electrons. The van der Waals surface area contributed by atoms with Crippen LogP contribution in [0.3, 0.4) is 0 Å². The van der Waals surface area contributed by atoms with Gasteiger partial charge in [-0.3, -0.25) is 0 Å². The van der Waals surface area contributed by atoms with Crippen molar-refractivity contribution in [3.05, 3.63) is 27.0 Å². The molecule has 0 saturated heterocycles. The molecule has 0 atom stereocenters. The Morgan fingerprint density at radius 2 is 2.33 bits per heavy atom. The molecule has 0 bridgehead atoms. The van der Waals surface area contributed by atoms with E-state index in [9.17, 15) is 4.79 Å². The Labute approximate surface area is 99.0 Å². The van der Waals surface area contributed by atoms with Crippen LogP contribution in [0.2, 0.25) is 5.02 Å². The Kier molecular flexibility index (Phi) is 2.77. The van der Waals surface area contributed by atoms with E-state index in [-0.39, 0.29) is 4.88 Å². The lowest BCUT2D eigenvalue weighted by Gasteiger charge is -1.89. The molecule has 0 aliphatic rings. The van der Waals surface area contributed by atoms with E-state index in [4.69, 9.17) is 16.7 Å². The van der Waals surface area contributed by atoms with Crippen molar-refractivity contribution in [1.82, 2.24) is 4.98 Å². The summed E-state index contributed by atoms with van der Waals surface area (Å²) in [5, 5.41) is 12.0. The predicted octanol–water partition coefficient (Wildman–Crippen LogP) is 3.53. The van der Waals surface area contributed by atoms with E-state index in [1.807, 2.05) is 5.38 Å². The number of carbonyl (C=O) groups is 1. The highest BCUT2D eigenvalue weighted by molar-refractivity contribution is 7.22. The standard InChI is InChI=1S/C9H6ClNO2S2/c1-4-6(9(12)13)15-8(11-4)7-5(10)2-3-14-7/h2-3H,1H3,(H,12,13). The van der Waals surface area contributed by atoms with Gasteiger partial charge in [0.05, 0.1) is 15.6 Å². The Bertz CT molecular complexity index is 518. The van der Waals surface area contributed by atoms with Gasteiger partial charge in [-0.1, -0.05) is 11.6 Å². The molecule has 0 unspecified atom stereocenters. The van der Waals surface area contributed by atoms with E-state index in [0.29, 0.717) is 15.7 Å². The molecule has 0 spiro atoms. The molecule has 2 aromatic heterocycles. The van der Waals surface area contributed by atoms with E-state index in [1.165, 1.54) is 11.3 Å². The Hall–Kier alpha value is -0.910. The molecule has 0 aliphatic heterocycles. The van der Waals surface area contributed by atoms with Gasteiger partial charge >= 0.3 is 5.97 Å². The number of carboxylic acids is 1. The minimum Gasteiger partial charge on any atom is -0.477 e. The highest BCUT2D eigenvalue weighted by Gasteiger charge is 2.17. The van der Waals surface area contributed by atoms with Crippen LogP contribution in [-0.2, 0) is 0 Å².